The van der Waals surface area contributed by atoms with Crippen molar-refractivity contribution in [3.05, 3.63) is 40.8 Å². The summed E-state index contributed by atoms with van der Waals surface area (Å²) in [6.45, 7) is 1.47. The number of fused-ring (bicyclic) bond motifs is 1. The minimum Gasteiger partial charge on any atom is -0.423 e. The van der Waals surface area contributed by atoms with Crippen LogP contribution in [0, 0.1) is 11.2 Å². The molecule has 1 saturated heterocycles. The van der Waals surface area contributed by atoms with Crippen LogP contribution in [-0.2, 0) is 4.79 Å². The number of nitrogens with two attached hydrogens (primary N) is 1. The Morgan fingerprint density at radius 1 is 1.43 bits per heavy atom. The van der Waals surface area contributed by atoms with Crippen LogP contribution in [0.1, 0.15) is 18.4 Å². The van der Waals surface area contributed by atoms with Gasteiger partial charge in [-0.3, -0.25) is 20.5 Å². The SMILES string of the molecule is N=C(C(=O)Nc1nc2cc(F)ccc2o1)c1c(N)ncc(Cl)c1N=C1CCCNC1. The van der Waals surface area contributed by atoms with E-state index in [1.54, 1.807) is 0 Å². The Kier molecular flexibility index (Phi) is 5.42. The Balaban J connectivity index is 1.64. The zero-order valence-electron chi connectivity index (χ0n) is 15.6. The van der Waals surface area contributed by atoms with E-state index in [9.17, 15) is 9.18 Å². The summed E-state index contributed by atoms with van der Waals surface area (Å²) in [5.74, 6) is -1.39. The first-order valence-electron chi connectivity index (χ1n) is 9.10. The van der Waals surface area contributed by atoms with Gasteiger partial charge in [0, 0.05) is 18.3 Å². The van der Waals surface area contributed by atoms with E-state index in [0.717, 1.165) is 25.1 Å². The zero-order chi connectivity index (χ0) is 21.3. The molecule has 0 spiro atoms. The molecule has 1 aliphatic heterocycles. The van der Waals surface area contributed by atoms with Gasteiger partial charge in [-0.15, -0.1) is 0 Å². The van der Waals surface area contributed by atoms with Gasteiger partial charge in [0.25, 0.3) is 5.91 Å². The lowest BCUT2D eigenvalue weighted by Crippen LogP contribution is -2.30. The molecular weight excluding hydrogens is 413 g/mol. The highest BCUT2D eigenvalue weighted by Gasteiger charge is 2.24. The summed E-state index contributed by atoms with van der Waals surface area (Å²) in [5, 5.41) is 14.1. The lowest BCUT2D eigenvalue weighted by Gasteiger charge is -2.16. The Labute approximate surface area is 175 Å². The summed E-state index contributed by atoms with van der Waals surface area (Å²) in [4.78, 5) is 25.1. The number of hydrogen-bond donors (Lipinski definition) is 4. The third-order valence-electron chi connectivity index (χ3n) is 4.50. The lowest BCUT2D eigenvalue weighted by atomic mass is 10.1. The van der Waals surface area contributed by atoms with Crippen molar-refractivity contribution in [3.63, 3.8) is 0 Å². The average Bonchev–Trinajstić information content (AvgIpc) is 3.12. The van der Waals surface area contributed by atoms with E-state index in [1.807, 2.05) is 0 Å². The standard InChI is InChI=1S/C19H17ClFN7O2/c20-11-8-25-17(23)14(16(11)26-10-2-1-5-24-7-10)15(22)18(29)28-19-27-12-6-9(21)3-4-13(12)30-19/h3-4,6,8,22,24H,1-2,5,7H2,(H2,23,25)(H,27,28,29). The largest absolute Gasteiger partial charge is 0.423 e. The number of aliphatic imine (C=N–C) groups is 1. The van der Waals surface area contributed by atoms with Crippen molar-refractivity contribution in [1.82, 2.24) is 15.3 Å². The smallest absolute Gasteiger partial charge is 0.302 e. The van der Waals surface area contributed by atoms with Crippen molar-refractivity contribution in [2.45, 2.75) is 12.8 Å². The Morgan fingerprint density at radius 3 is 3.03 bits per heavy atom. The number of pyridine rings is 1. The third-order valence-corrected chi connectivity index (χ3v) is 4.78. The van der Waals surface area contributed by atoms with Crippen LogP contribution in [0.15, 0.2) is 33.8 Å². The summed E-state index contributed by atoms with van der Waals surface area (Å²) >= 11 is 6.26. The van der Waals surface area contributed by atoms with Crippen molar-refractivity contribution >= 4 is 57.6 Å². The summed E-state index contributed by atoms with van der Waals surface area (Å²) in [6, 6.07) is 3.60. The molecule has 9 nitrogen and oxygen atoms in total. The molecule has 0 saturated carbocycles. The third kappa shape index (κ3) is 4.00. The molecule has 0 atom stereocenters. The number of nitrogens with zero attached hydrogens (tertiary/aromatic N) is 3. The predicted molar refractivity (Wildman–Crippen MR) is 112 cm³/mol. The number of amides is 1. The molecule has 0 aliphatic carbocycles. The molecule has 1 amide bonds. The fourth-order valence-electron chi connectivity index (χ4n) is 3.07. The van der Waals surface area contributed by atoms with Crippen molar-refractivity contribution in [2.75, 3.05) is 24.1 Å². The second-order valence-corrected chi connectivity index (χ2v) is 7.04. The molecule has 0 bridgehead atoms. The molecule has 0 unspecified atom stereocenters. The van der Waals surface area contributed by atoms with E-state index in [2.05, 4.69) is 25.6 Å². The van der Waals surface area contributed by atoms with Crippen molar-refractivity contribution < 1.29 is 13.6 Å². The second kappa shape index (κ2) is 8.17. The first kappa shape index (κ1) is 19.9. The molecule has 0 radical (unpaired) electrons. The van der Waals surface area contributed by atoms with E-state index in [0.29, 0.717) is 12.1 Å². The lowest BCUT2D eigenvalue weighted by molar-refractivity contribution is -0.110. The van der Waals surface area contributed by atoms with Gasteiger partial charge in [0.15, 0.2) is 5.58 Å². The maximum absolute atomic E-state index is 13.3. The number of halogens is 2. The zero-order valence-corrected chi connectivity index (χ0v) is 16.4. The highest BCUT2D eigenvalue weighted by atomic mass is 35.5. The van der Waals surface area contributed by atoms with Crippen LogP contribution in [-0.4, -0.2) is 40.4 Å². The number of oxazole rings is 1. The van der Waals surface area contributed by atoms with Gasteiger partial charge >= 0.3 is 6.01 Å². The number of anilines is 2. The predicted octanol–water partition coefficient (Wildman–Crippen LogP) is 3.06. The van der Waals surface area contributed by atoms with Crippen molar-refractivity contribution in [1.29, 1.82) is 5.41 Å². The number of hydrogen-bond acceptors (Lipinski definition) is 8. The van der Waals surface area contributed by atoms with Gasteiger partial charge in [0.05, 0.1) is 22.5 Å². The first-order chi connectivity index (χ1) is 14.4. The van der Waals surface area contributed by atoms with Gasteiger partial charge in [-0.05, 0) is 31.5 Å². The van der Waals surface area contributed by atoms with Crippen LogP contribution in [0.3, 0.4) is 0 Å². The van der Waals surface area contributed by atoms with Crippen LogP contribution in [0.25, 0.3) is 11.1 Å². The molecule has 30 heavy (non-hydrogen) atoms. The summed E-state index contributed by atoms with van der Waals surface area (Å²) < 4.78 is 18.7. The monoisotopic (exact) mass is 429 g/mol. The minimum absolute atomic E-state index is 0.0141. The van der Waals surface area contributed by atoms with Gasteiger partial charge in [-0.25, -0.2) is 9.37 Å². The van der Waals surface area contributed by atoms with Crippen molar-refractivity contribution in [3.8, 4) is 0 Å². The van der Waals surface area contributed by atoms with Gasteiger partial charge in [0.2, 0.25) is 0 Å². The van der Waals surface area contributed by atoms with E-state index in [4.69, 9.17) is 27.2 Å². The maximum Gasteiger partial charge on any atom is 0.302 e. The Hall–Kier alpha value is -3.37. The Morgan fingerprint density at radius 2 is 2.27 bits per heavy atom. The maximum atomic E-state index is 13.3. The van der Waals surface area contributed by atoms with Gasteiger partial charge < -0.3 is 15.5 Å². The van der Waals surface area contributed by atoms with Crippen LogP contribution < -0.4 is 16.4 Å². The van der Waals surface area contributed by atoms with Gasteiger partial charge in [-0.1, -0.05) is 11.6 Å². The van der Waals surface area contributed by atoms with E-state index in [-0.39, 0.29) is 33.6 Å². The molecule has 3 heterocycles. The molecule has 1 aliphatic rings. The molecule has 4 rings (SSSR count). The fourth-order valence-corrected chi connectivity index (χ4v) is 3.25. The highest BCUT2D eigenvalue weighted by molar-refractivity contribution is 6.50. The number of nitrogens with one attached hydrogen (secondary N) is 3. The molecule has 2 aromatic heterocycles. The molecular formula is C19H17ClFN7O2. The number of aromatic nitrogens is 2. The van der Waals surface area contributed by atoms with Crippen LogP contribution >= 0.6 is 11.6 Å². The van der Waals surface area contributed by atoms with E-state index < -0.39 is 17.4 Å². The fraction of sp³-hybridized carbons (Fsp3) is 0.211. The van der Waals surface area contributed by atoms with E-state index in [1.165, 1.54) is 24.4 Å². The average molecular weight is 430 g/mol. The summed E-state index contributed by atoms with van der Waals surface area (Å²) in [6.07, 6.45) is 3.02. The molecule has 3 aromatic rings. The second-order valence-electron chi connectivity index (χ2n) is 6.63. The first-order valence-corrected chi connectivity index (χ1v) is 9.47. The number of piperidine rings is 1. The number of rotatable bonds is 4. The van der Waals surface area contributed by atoms with E-state index >= 15 is 0 Å². The van der Waals surface area contributed by atoms with Crippen LogP contribution in [0.4, 0.5) is 21.9 Å². The van der Waals surface area contributed by atoms with Crippen LogP contribution in [0.2, 0.25) is 5.02 Å². The van der Waals surface area contributed by atoms with Crippen LogP contribution in [0.5, 0.6) is 0 Å². The summed E-state index contributed by atoms with van der Waals surface area (Å²) in [7, 11) is 0. The van der Waals surface area contributed by atoms with Crippen molar-refractivity contribution in [2.24, 2.45) is 4.99 Å². The molecule has 1 aromatic carbocycles. The van der Waals surface area contributed by atoms with Gasteiger partial charge in [0.1, 0.15) is 22.9 Å². The quantitative estimate of drug-likeness (QED) is 0.469. The topological polar surface area (TPSA) is 142 Å². The molecule has 11 heteroatoms. The minimum atomic E-state index is -0.846. The number of nitrogen functional groups attached to an aromatic ring is 1. The number of carbonyl (C=O) groups excluding carboxylic acids is 1. The molecule has 154 valence electrons. The van der Waals surface area contributed by atoms with Gasteiger partial charge in [-0.2, -0.15) is 4.98 Å². The number of benzene rings is 1. The highest BCUT2D eigenvalue weighted by Crippen LogP contribution is 2.33. The number of carbonyl (C=O) groups is 1. The summed E-state index contributed by atoms with van der Waals surface area (Å²) in [5.41, 5.74) is 7.04. The molecule has 5 N–H and O–H groups in total. The molecule has 1 fully saturated rings. The normalized spacial score (nSPS) is 15.5. The Bertz CT molecular complexity index is 1180.